The van der Waals surface area contributed by atoms with Crippen molar-refractivity contribution in [3.63, 3.8) is 0 Å². The number of aliphatic hydroxyl groups is 1. The van der Waals surface area contributed by atoms with Gasteiger partial charge in [-0.05, 0) is 55.1 Å². The van der Waals surface area contributed by atoms with Gasteiger partial charge in [0.2, 0.25) is 0 Å². The third kappa shape index (κ3) is 4.93. The second-order valence-corrected chi connectivity index (χ2v) is 7.52. The van der Waals surface area contributed by atoms with Crippen molar-refractivity contribution in [1.29, 1.82) is 0 Å². The fourth-order valence-corrected chi connectivity index (χ4v) is 3.73. The van der Waals surface area contributed by atoms with Crippen molar-refractivity contribution in [1.82, 2.24) is 9.88 Å². The van der Waals surface area contributed by atoms with Gasteiger partial charge >= 0.3 is 5.76 Å². The summed E-state index contributed by atoms with van der Waals surface area (Å²) in [5, 5.41) is 13.5. The lowest BCUT2D eigenvalue weighted by atomic mass is 10.0. The Bertz CT molecular complexity index is 1200. The van der Waals surface area contributed by atoms with Crippen LogP contribution in [0, 0.1) is 5.82 Å². The van der Waals surface area contributed by atoms with E-state index in [4.69, 9.17) is 4.42 Å². The topological polar surface area (TPSA) is 67.4 Å². The molecular formula is C25H25FN2O3. The van der Waals surface area contributed by atoms with E-state index in [1.165, 1.54) is 11.6 Å². The number of aryl methyl sites for hydroxylation is 1. The number of hydrogen-bond donors (Lipinski definition) is 2. The first-order valence-electron chi connectivity index (χ1n) is 10.5. The molecule has 0 spiro atoms. The van der Waals surface area contributed by atoms with Gasteiger partial charge in [-0.25, -0.2) is 13.8 Å². The number of benzene rings is 3. The normalized spacial score (nSPS) is 12.3. The number of halogens is 1. The van der Waals surface area contributed by atoms with Gasteiger partial charge in [0.15, 0.2) is 11.9 Å². The van der Waals surface area contributed by atoms with E-state index in [1.807, 2.05) is 18.2 Å². The maximum atomic E-state index is 14.2. The average Bonchev–Trinajstić information content (AvgIpc) is 3.12. The van der Waals surface area contributed by atoms with E-state index in [0.29, 0.717) is 28.8 Å². The number of hydrogen-bond acceptors (Lipinski definition) is 4. The maximum Gasteiger partial charge on any atom is 0.423 e. The number of oxazole rings is 1. The molecule has 1 atom stereocenters. The average molecular weight is 420 g/mol. The fourth-order valence-electron chi connectivity index (χ4n) is 3.73. The van der Waals surface area contributed by atoms with E-state index in [1.54, 1.807) is 36.4 Å². The van der Waals surface area contributed by atoms with Gasteiger partial charge in [-0.1, -0.05) is 61.0 Å². The maximum absolute atomic E-state index is 14.2. The molecule has 0 aliphatic rings. The van der Waals surface area contributed by atoms with Crippen LogP contribution in [0.15, 0.2) is 82.0 Å². The Morgan fingerprint density at radius 3 is 2.55 bits per heavy atom. The molecule has 2 N–H and O–H groups in total. The molecule has 4 rings (SSSR count). The van der Waals surface area contributed by atoms with Crippen molar-refractivity contribution >= 4 is 11.1 Å². The van der Waals surface area contributed by atoms with Gasteiger partial charge in [-0.3, -0.25) is 5.32 Å². The Kier molecular flexibility index (Phi) is 6.60. The van der Waals surface area contributed by atoms with Crippen LogP contribution in [0.3, 0.4) is 0 Å². The van der Waals surface area contributed by atoms with E-state index < -0.39 is 12.1 Å². The Morgan fingerprint density at radius 2 is 1.74 bits per heavy atom. The minimum atomic E-state index is -1.22. The lowest BCUT2D eigenvalue weighted by Gasteiger charge is -2.14. The summed E-state index contributed by atoms with van der Waals surface area (Å²) in [7, 11) is 0. The van der Waals surface area contributed by atoms with Crippen molar-refractivity contribution in [3.05, 3.63) is 94.7 Å². The summed E-state index contributed by atoms with van der Waals surface area (Å²) in [5.74, 6) is -1.02. The Hall–Kier alpha value is -3.22. The largest absolute Gasteiger partial charge is 0.423 e. The summed E-state index contributed by atoms with van der Waals surface area (Å²) in [6, 6.07) is 21.7. The number of nitrogens with zero attached hydrogens (tertiary/aromatic N) is 1. The molecule has 1 heterocycles. The molecule has 0 saturated heterocycles. The van der Waals surface area contributed by atoms with Gasteiger partial charge in [-0.15, -0.1) is 0 Å². The molecule has 160 valence electrons. The highest BCUT2D eigenvalue weighted by Crippen LogP contribution is 2.26. The number of aromatic nitrogens is 1. The van der Waals surface area contributed by atoms with Crippen LogP contribution >= 0.6 is 0 Å². The Balaban J connectivity index is 1.40. The molecule has 0 bridgehead atoms. The van der Waals surface area contributed by atoms with Crippen LogP contribution in [0.2, 0.25) is 0 Å². The standard InChI is InChI=1S/C25H25FN2O3/c26-21-13-7-6-12-20(21)19-14-15-23-22(17-19)28(25(30)31-23)24(29)27-16-8-2-5-11-18-9-3-1-4-10-18/h1,3-4,6-7,9-10,12-15,17,24,27,29H,2,5,8,11,16H2/t24-/m0/s1. The third-order valence-corrected chi connectivity index (χ3v) is 5.35. The van der Waals surface area contributed by atoms with Crippen molar-refractivity contribution in [3.8, 4) is 11.1 Å². The smallest absolute Gasteiger partial charge is 0.408 e. The Labute approximate surface area is 179 Å². The molecule has 0 radical (unpaired) electrons. The zero-order valence-corrected chi connectivity index (χ0v) is 17.1. The van der Waals surface area contributed by atoms with Crippen molar-refractivity contribution in [2.45, 2.75) is 32.0 Å². The predicted octanol–water partition coefficient (Wildman–Crippen LogP) is 4.85. The number of aliphatic hydroxyl groups excluding tert-OH is 1. The zero-order chi connectivity index (χ0) is 21.6. The fraction of sp³-hybridized carbons (Fsp3) is 0.240. The zero-order valence-electron chi connectivity index (χ0n) is 17.1. The lowest BCUT2D eigenvalue weighted by molar-refractivity contribution is 0.0646. The van der Waals surface area contributed by atoms with Crippen LogP contribution in [0.5, 0.6) is 0 Å². The highest BCUT2D eigenvalue weighted by Gasteiger charge is 2.17. The summed E-state index contributed by atoms with van der Waals surface area (Å²) >= 11 is 0. The monoisotopic (exact) mass is 420 g/mol. The van der Waals surface area contributed by atoms with Crippen LogP contribution in [-0.2, 0) is 6.42 Å². The van der Waals surface area contributed by atoms with E-state index in [2.05, 4.69) is 17.4 Å². The number of fused-ring (bicyclic) bond motifs is 1. The van der Waals surface area contributed by atoms with E-state index >= 15 is 0 Å². The summed E-state index contributed by atoms with van der Waals surface area (Å²) in [6.45, 7) is 0.558. The summed E-state index contributed by atoms with van der Waals surface area (Å²) in [5.41, 5.74) is 3.10. The second kappa shape index (κ2) is 9.73. The van der Waals surface area contributed by atoms with E-state index in [9.17, 15) is 14.3 Å². The van der Waals surface area contributed by atoms with Crippen molar-refractivity contribution in [2.75, 3.05) is 6.54 Å². The SMILES string of the molecule is O=c1oc2ccc(-c3ccccc3F)cc2n1[C@@H](O)NCCCCCc1ccccc1. The van der Waals surface area contributed by atoms with Crippen molar-refractivity contribution in [2.24, 2.45) is 0 Å². The quantitative estimate of drug-likeness (QED) is 0.300. The summed E-state index contributed by atoms with van der Waals surface area (Å²) < 4.78 is 20.6. The number of nitrogens with one attached hydrogen (secondary N) is 1. The molecule has 1 aromatic heterocycles. The number of unbranched alkanes of at least 4 members (excludes halogenated alkanes) is 2. The second-order valence-electron chi connectivity index (χ2n) is 7.52. The number of rotatable bonds is 9. The first kappa shape index (κ1) is 21.0. The van der Waals surface area contributed by atoms with E-state index in [0.717, 1.165) is 30.3 Å². The van der Waals surface area contributed by atoms with Gasteiger partial charge in [-0.2, -0.15) is 0 Å². The molecule has 0 unspecified atom stereocenters. The summed E-state index contributed by atoms with van der Waals surface area (Å²) in [4.78, 5) is 12.3. The van der Waals surface area contributed by atoms with Gasteiger partial charge in [0.1, 0.15) is 5.82 Å². The first-order chi connectivity index (χ1) is 15.1. The third-order valence-electron chi connectivity index (χ3n) is 5.35. The minimum Gasteiger partial charge on any atom is -0.408 e. The highest BCUT2D eigenvalue weighted by atomic mass is 19.1. The molecule has 0 fully saturated rings. The van der Waals surface area contributed by atoms with Crippen LogP contribution in [0.25, 0.3) is 22.2 Å². The molecule has 0 amide bonds. The molecule has 0 aliphatic carbocycles. The molecule has 4 aromatic rings. The molecule has 0 saturated carbocycles. The van der Waals surface area contributed by atoms with Gasteiger partial charge in [0.25, 0.3) is 0 Å². The highest BCUT2D eigenvalue weighted by molar-refractivity contribution is 5.80. The lowest BCUT2D eigenvalue weighted by Crippen LogP contribution is -2.32. The predicted molar refractivity (Wildman–Crippen MR) is 119 cm³/mol. The molecule has 5 nitrogen and oxygen atoms in total. The van der Waals surface area contributed by atoms with Crippen LogP contribution in [0.4, 0.5) is 4.39 Å². The van der Waals surface area contributed by atoms with Gasteiger partial charge in [0.05, 0.1) is 5.52 Å². The molecule has 6 heteroatoms. The van der Waals surface area contributed by atoms with Gasteiger partial charge in [0, 0.05) is 5.56 Å². The van der Waals surface area contributed by atoms with Crippen LogP contribution in [0.1, 0.15) is 31.2 Å². The van der Waals surface area contributed by atoms with Gasteiger partial charge < -0.3 is 9.52 Å². The van der Waals surface area contributed by atoms with Crippen molar-refractivity contribution < 1.29 is 13.9 Å². The summed E-state index contributed by atoms with van der Waals surface area (Å²) in [6.07, 6.45) is 2.73. The van der Waals surface area contributed by atoms with Crippen LogP contribution in [-0.4, -0.2) is 16.2 Å². The molecule has 3 aromatic carbocycles. The first-order valence-corrected chi connectivity index (χ1v) is 10.5. The minimum absolute atomic E-state index is 0.341. The molecule has 0 aliphatic heterocycles. The van der Waals surface area contributed by atoms with Crippen LogP contribution < -0.4 is 11.1 Å². The molecular weight excluding hydrogens is 395 g/mol. The van der Waals surface area contributed by atoms with E-state index in [-0.39, 0.29) is 5.82 Å². The molecule has 31 heavy (non-hydrogen) atoms. The Morgan fingerprint density at radius 1 is 0.968 bits per heavy atom.